The number of aliphatic hydroxyl groups excluding tert-OH is 1. The zero-order valence-corrected chi connectivity index (χ0v) is 14.5. The van der Waals surface area contributed by atoms with Gasteiger partial charge in [-0.05, 0) is 38.1 Å². The van der Waals surface area contributed by atoms with Crippen LogP contribution >= 0.6 is 7.60 Å². The normalized spacial score (nSPS) is 12.9. The van der Waals surface area contributed by atoms with Crippen molar-refractivity contribution < 1.29 is 41.4 Å². The number of carbonyl (C=O) groups is 1. The lowest BCUT2D eigenvalue weighted by Gasteiger charge is -2.17. The molecule has 0 amide bonds. The summed E-state index contributed by atoms with van der Waals surface area (Å²) < 4.78 is 64.0. The highest BCUT2D eigenvalue weighted by atomic mass is 31.2. The summed E-state index contributed by atoms with van der Waals surface area (Å²) in [4.78, 5) is 10.8. The van der Waals surface area contributed by atoms with Crippen LogP contribution in [0.1, 0.15) is 19.4 Å². The first-order chi connectivity index (χ1) is 11.6. The monoisotopic (exact) mass is 382 g/mol. The molecule has 0 aliphatic carbocycles. The zero-order chi connectivity index (χ0) is 19.1. The van der Waals surface area contributed by atoms with Gasteiger partial charge in [0.1, 0.15) is 11.5 Å². The molecule has 0 spiro atoms. The Kier molecular flexibility index (Phi) is 7.66. The molecule has 1 aromatic rings. The first-order valence-corrected chi connectivity index (χ1v) is 8.97. The molecule has 0 saturated carbocycles. The highest BCUT2D eigenvalue weighted by molar-refractivity contribution is 7.53. The van der Waals surface area contributed by atoms with Gasteiger partial charge in [-0.2, -0.15) is 13.2 Å². The second-order valence-corrected chi connectivity index (χ2v) is 6.63. The highest BCUT2D eigenvalue weighted by Gasteiger charge is 2.37. The van der Waals surface area contributed by atoms with Crippen molar-refractivity contribution in [1.82, 2.24) is 0 Å². The number of carbonyl (C=O) groups excluding carboxylic acids is 1. The number of halogens is 3. The molecule has 0 heterocycles. The number of ketones is 1. The van der Waals surface area contributed by atoms with E-state index in [1.165, 1.54) is 24.3 Å². The number of alkyl halides is 3. The van der Waals surface area contributed by atoms with E-state index in [4.69, 9.17) is 13.8 Å². The van der Waals surface area contributed by atoms with E-state index in [1.54, 1.807) is 13.8 Å². The minimum absolute atomic E-state index is 0.0113. The molecule has 140 valence electrons. The predicted octanol–water partition coefficient (Wildman–Crippen LogP) is 4.32. The van der Waals surface area contributed by atoms with E-state index in [0.717, 1.165) is 0 Å². The number of hydrogen-bond acceptors (Lipinski definition) is 6. The van der Waals surface area contributed by atoms with Crippen LogP contribution in [0.15, 0.2) is 30.3 Å². The van der Waals surface area contributed by atoms with Gasteiger partial charge in [0.25, 0.3) is 5.78 Å². The number of benzene rings is 1. The van der Waals surface area contributed by atoms with Crippen molar-refractivity contribution in [2.45, 2.75) is 20.0 Å². The summed E-state index contributed by atoms with van der Waals surface area (Å²) in [6.07, 6.45) is -5.31. The van der Waals surface area contributed by atoms with E-state index in [1.807, 2.05) is 0 Å². The second-order valence-electron chi connectivity index (χ2n) is 4.64. The largest absolute Gasteiger partial charge is 0.507 e. The van der Waals surface area contributed by atoms with Crippen LogP contribution < -0.4 is 4.74 Å². The van der Waals surface area contributed by atoms with Gasteiger partial charge in [-0.15, -0.1) is 0 Å². The molecule has 1 aromatic carbocycles. The predicted molar refractivity (Wildman–Crippen MR) is 84.5 cm³/mol. The van der Waals surface area contributed by atoms with Gasteiger partial charge in [-0.25, -0.2) is 0 Å². The van der Waals surface area contributed by atoms with Crippen molar-refractivity contribution in [2.24, 2.45) is 0 Å². The first kappa shape index (κ1) is 21.2. The molecule has 0 unspecified atom stereocenters. The summed E-state index contributed by atoms with van der Waals surface area (Å²) in [6, 6.07) is 5.16. The van der Waals surface area contributed by atoms with E-state index < -0.39 is 25.3 Å². The van der Waals surface area contributed by atoms with Crippen LogP contribution in [0.25, 0.3) is 5.76 Å². The Morgan fingerprint density at radius 3 is 2.12 bits per heavy atom. The third-order valence-electron chi connectivity index (χ3n) is 2.74. The Morgan fingerprint density at radius 1 is 1.16 bits per heavy atom. The molecule has 0 radical (unpaired) electrons. The molecular formula is C15H18F3O6P. The van der Waals surface area contributed by atoms with Gasteiger partial charge >= 0.3 is 13.8 Å². The third kappa shape index (κ3) is 6.89. The molecule has 6 nitrogen and oxygen atoms in total. The lowest BCUT2D eigenvalue weighted by Crippen LogP contribution is -2.20. The summed E-state index contributed by atoms with van der Waals surface area (Å²) >= 11 is 0. The molecule has 0 aliphatic rings. The standard InChI is InChI=1S/C15H18F3O6P/c1-3-23-25(21,24-4-2)10-22-12-7-5-11(6-8-12)13(19)9-14(20)15(16,17)18/h5-9,19H,3-4,10H2,1-2H3/b13-9-. The molecule has 0 bridgehead atoms. The second kappa shape index (κ2) is 9.03. The first-order valence-electron chi connectivity index (χ1n) is 7.24. The number of ether oxygens (including phenoxy) is 1. The lowest BCUT2D eigenvalue weighted by molar-refractivity contribution is -0.165. The molecular weight excluding hydrogens is 364 g/mol. The van der Waals surface area contributed by atoms with Gasteiger partial charge in [-0.1, -0.05) is 0 Å². The van der Waals surface area contributed by atoms with E-state index >= 15 is 0 Å². The van der Waals surface area contributed by atoms with Gasteiger partial charge in [-0.3, -0.25) is 9.36 Å². The summed E-state index contributed by atoms with van der Waals surface area (Å²) in [6.45, 7) is 3.65. The summed E-state index contributed by atoms with van der Waals surface area (Å²) in [5.41, 5.74) is -0.0113. The highest BCUT2D eigenvalue weighted by Crippen LogP contribution is 2.47. The summed E-state index contributed by atoms with van der Waals surface area (Å²) in [5.74, 6) is -2.76. The van der Waals surface area contributed by atoms with Crippen molar-refractivity contribution in [3.8, 4) is 5.75 Å². The molecule has 1 rings (SSSR count). The van der Waals surface area contributed by atoms with Gasteiger partial charge in [0.2, 0.25) is 0 Å². The Hall–Kier alpha value is -1.83. The third-order valence-corrected chi connectivity index (χ3v) is 4.49. The van der Waals surface area contributed by atoms with E-state index in [9.17, 15) is 27.6 Å². The van der Waals surface area contributed by atoms with Crippen LogP contribution in [0.3, 0.4) is 0 Å². The fraction of sp³-hybridized carbons (Fsp3) is 0.400. The maximum Gasteiger partial charge on any atom is 0.454 e. The molecule has 0 saturated heterocycles. The van der Waals surface area contributed by atoms with Crippen molar-refractivity contribution in [3.05, 3.63) is 35.9 Å². The lowest BCUT2D eigenvalue weighted by atomic mass is 10.1. The quantitative estimate of drug-likeness (QED) is 0.389. The smallest absolute Gasteiger partial charge is 0.454 e. The van der Waals surface area contributed by atoms with Crippen LogP contribution in [-0.4, -0.2) is 36.6 Å². The molecule has 0 aromatic heterocycles. The average Bonchev–Trinajstić information content (AvgIpc) is 2.53. The van der Waals surface area contributed by atoms with E-state index in [-0.39, 0.29) is 37.0 Å². The zero-order valence-electron chi connectivity index (χ0n) is 13.6. The van der Waals surface area contributed by atoms with Gasteiger partial charge < -0.3 is 18.9 Å². The van der Waals surface area contributed by atoms with E-state index in [0.29, 0.717) is 0 Å². The minimum atomic E-state index is -5.06. The molecule has 10 heteroatoms. The van der Waals surface area contributed by atoms with Gasteiger partial charge in [0, 0.05) is 11.6 Å². The van der Waals surface area contributed by atoms with Crippen LogP contribution in [0, 0.1) is 0 Å². The number of hydrogen-bond donors (Lipinski definition) is 1. The van der Waals surface area contributed by atoms with Gasteiger partial charge in [0.15, 0.2) is 6.35 Å². The maximum absolute atomic E-state index is 12.2. The van der Waals surface area contributed by atoms with Crippen LogP contribution in [-0.2, 0) is 18.4 Å². The van der Waals surface area contributed by atoms with Crippen molar-refractivity contribution in [2.75, 3.05) is 19.6 Å². The van der Waals surface area contributed by atoms with E-state index in [2.05, 4.69) is 0 Å². The number of allylic oxidation sites excluding steroid dienone is 1. The molecule has 1 N–H and O–H groups in total. The molecule has 25 heavy (non-hydrogen) atoms. The summed E-state index contributed by atoms with van der Waals surface area (Å²) in [7, 11) is -3.41. The van der Waals surface area contributed by atoms with Crippen LogP contribution in [0.5, 0.6) is 5.75 Å². The fourth-order valence-electron chi connectivity index (χ4n) is 1.67. The average molecular weight is 382 g/mol. The Labute approximate surface area is 142 Å². The number of aliphatic hydroxyl groups is 1. The van der Waals surface area contributed by atoms with Crippen molar-refractivity contribution in [3.63, 3.8) is 0 Å². The van der Waals surface area contributed by atoms with Crippen LogP contribution in [0.4, 0.5) is 13.2 Å². The van der Waals surface area contributed by atoms with Crippen molar-refractivity contribution in [1.29, 1.82) is 0 Å². The maximum atomic E-state index is 12.2. The Bertz CT molecular complexity index is 644. The fourth-order valence-corrected chi connectivity index (χ4v) is 2.99. The molecule has 0 fully saturated rings. The number of rotatable bonds is 9. The van der Waals surface area contributed by atoms with Crippen LogP contribution in [0.2, 0.25) is 0 Å². The van der Waals surface area contributed by atoms with Crippen molar-refractivity contribution >= 4 is 19.1 Å². The Balaban J connectivity index is 2.78. The SMILES string of the molecule is CCOP(=O)(COc1ccc(/C(O)=C/C(=O)C(F)(F)F)cc1)OCC. The minimum Gasteiger partial charge on any atom is -0.507 e. The summed E-state index contributed by atoms with van der Waals surface area (Å²) in [5, 5.41) is 9.56. The van der Waals surface area contributed by atoms with Gasteiger partial charge in [0.05, 0.1) is 13.2 Å². The molecule has 0 atom stereocenters. The molecule has 0 aliphatic heterocycles. The Morgan fingerprint density at radius 2 is 1.68 bits per heavy atom. The topological polar surface area (TPSA) is 82.1 Å².